The Bertz CT molecular complexity index is 1090. The van der Waals surface area contributed by atoms with Crippen LogP contribution in [0.2, 0.25) is 0 Å². The van der Waals surface area contributed by atoms with E-state index in [1.807, 2.05) is 31.3 Å². The molecule has 0 unspecified atom stereocenters. The number of aryl methyl sites for hydroxylation is 2. The minimum Gasteiger partial charge on any atom is -0.497 e. The van der Waals surface area contributed by atoms with E-state index in [0.29, 0.717) is 37.1 Å². The van der Waals surface area contributed by atoms with Gasteiger partial charge in [-0.15, -0.1) is 0 Å². The van der Waals surface area contributed by atoms with E-state index in [-0.39, 0.29) is 5.91 Å². The van der Waals surface area contributed by atoms with Gasteiger partial charge in [0.1, 0.15) is 11.4 Å². The maximum atomic E-state index is 13.3. The second-order valence-corrected chi connectivity index (χ2v) is 7.90. The van der Waals surface area contributed by atoms with E-state index in [1.54, 1.807) is 16.7 Å². The number of hydrogen-bond donors (Lipinski definition) is 0. The molecule has 0 spiro atoms. The van der Waals surface area contributed by atoms with Gasteiger partial charge in [-0.1, -0.05) is 5.16 Å². The lowest BCUT2D eigenvalue weighted by molar-refractivity contribution is -0.0370. The number of rotatable bonds is 4. The fourth-order valence-corrected chi connectivity index (χ4v) is 4.30. The maximum Gasteiger partial charge on any atom is 0.272 e. The molecule has 0 N–H and O–H groups in total. The molecule has 2 aliphatic rings. The highest BCUT2D eigenvalue weighted by Gasteiger charge is 2.33. The third kappa shape index (κ3) is 3.69. The summed E-state index contributed by atoms with van der Waals surface area (Å²) in [5.41, 5.74) is 3.67. The number of amides is 1. The van der Waals surface area contributed by atoms with Crippen molar-refractivity contribution >= 4 is 5.91 Å². The Kier molecular flexibility index (Phi) is 5.19. The van der Waals surface area contributed by atoms with Crippen molar-refractivity contribution in [3.8, 4) is 17.1 Å². The van der Waals surface area contributed by atoms with Gasteiger partial charge >= 0.3 is 0 Å². The third-order valence-corrected chi connectivity index (χ3v) is 5.94. The molecule has 9 nitrogen and oxygen atoms in total. The minimum absolute atomic E-state index is 0.0126. The number of fused-ring (bicyclic) bond motifs is 1. The summed E-state index contributed by atoms with van der Waals surface area (Å²) < 4.78 is 18.3. The second-order valence-electron chi connectivity index (χ2n) is 7.90. The first kappa shape index (κ1) is 19.7. The van der Waals surface area contributed by atoms with Gasteiger partial charge in [-0.3, -0.25) is 9.48 Å². The first-order valence-electron chi connectivity index (χ1n) is 10.6. The standard InChI is InChI=1S/C22H25N5O4/c1-26-19(16-5-3-4-6-17(16)24-26)22(28)27-11-12-30-18(13-27)21-23-20(25-31-21)14-7-9-15(29-2)10-8-14/h7-10,18H,3-6,11-13H2,1-2H3/t18-/m1/s1. The van der Waals surface area contributed by atoms with Gasteiger partial charge in [-0.2, -0.15) is 10.1 Å². The zero-order chi connectivity index (χ0) is 21.4. The number of aromatic nitrogens is 4. The highest BCUT2D eigenvalue weighted by molar-refractivity contribution is 5.94. The quantitative estimate of drug-likeness (QED) is 0.636. The SMILES string of the molecule is COc1ccc(-c2noc([C@H]3CN(C(=O)c4c5c(nn4C)CCCC5)CCO3)n2)cc1. The molecular weight excluding hydrogens is 398 g/mol. The molecule has 0 saturated carbocycles. The van der Waals surface area contributed by atoms with Crippen LogP contribution in [0.3, 0.4) is 0 Å². The number of benzene rings is 1. The normalized spacial score (nSPS) is 18.6. The molecule has 1 amide bonds. The molecule has 1 fully saturated rings. The average Bonchev–Trinajstić information content (AvgIpc) is 3.43. The van der Waals surface area contributed by atoms with Crippen LogP contribution in [-0.4, -0.2) is 57.5 Å². The van der Waals surface area contributed by atoms with Gasteiger partial charge < -0.3 is 18.9 Å². The second kappa shape index (κ2) is 8.14. The van der Waals surface area contributed by atoms with Crippen LogP contribution < -0.4 is 4.74 Å². The van der Waals surface area contributed by atoms with Gasteiger partial charge in [0.05, 0.1) is 26.0 Å². The molecule has 5 rings (SSSR count). The zero-order valence-electron chi connectivity index (χ0n) is 17.7. The largest absolute Gasteiger partial charge is 0.497 e. The van der Waals surface area contributed by atoms with Gasteiger partial charge in [0.15, 0.2) is 6.10 Å². The van der Waals surface area contributed by atoms with Gasteiger partial charge in [0.25, 0.3) is 11.8 Å². The van der Waals surface area contributed by atoms with Crippen molar-refractivity contribution in [1.82, 2.24) is 24.8 Å². The summed E-state index contributed by atoms with van der Waals surface area (Å²) in [5.74, 6) is 1.59. The van der Waals surface area contributed by atoms with Crippen molar-refractivity contribution in [3.63, 3.8) is 0 Å². The van der Waals surface area contributed by atoms with E-state index < -0.39 is 6.10 Å². The van der Waals surface area contributed by atoms with E-state index in [1.165, 1.54) is 0 Å². The van der Waals surface area contributed by atoms with E-state index in [9.17, 15) is 4.79 Å². The maximum absolute atomic E-state index is 13.3. The van der Waals surface area contributed by atoms with Crippen LogP contribution >= 0.6 is 0 Å². The Morgan fingerprint density at radius 3 is 2.81 bits per heavy atom. The molecular formula is C22H25N5O4. The predicted molar refractivity (Wildman–Crippen MR) is 111 cm³/mol. The highest BCUT2D eigenvalue weighted by Crippen LogP contribution is 2.28. The predicted octanol–water partition coefficient (Wildman–Crippen LogP) is 2.57. The first-order valence-corrected chi connectivity index (χ1v) is 10.6. The number of hydrogen-bond acceptors (Lipinski definition) is 7. The van der Waals surface area contributed by atoms with Gasteiger partial charge in [0, 0.05) is 24.7 Å². The summed E-state index contributed by atoms with van der Waals surface area (Å²) in [6.07, 6.45) is 3.62. The molecule has 1 aromatic carbocycles. The fourth-order valence-electron chi connectivity index (χ4n) is 4.30. The van der Waals surface area contributed by atoms with Gasteiger partial charge in [0.2, 0.25) is 5.82 Å². The number of methoxy groups -OCH3 is 1. The molecule has 31 heavy (non-hydrogen) atoms. The van der Waals surface area contributed by atoms with Crippen LogP contribution in [0.5, 0.6) is 5.75 Å². The molecule has 1 atom stereocenters. The molecule has 3 aromatic rings. The van der Waals surface area contributed by atoms with Crippen molar-refractivity contribution in [3.05, 3.63) is 47.1 Å². The number of nitrogens with zero attached hydrogens (tertiary/aromatic N) is 5. The Hall–Kier alpha value is -3.20. The van der Waals surface area contributed by atoms with Crippen LogP contribution in [0.1, 0.15) is 46.6 Å². The molecule has 1 aliphatic carbocycles. The summed E-state index contributed by atoms with van der Waals surface area (Å²) in [4.78, 5) is 19.7. The molecule has 9 heteroatoms. The van der Waals surface area contributed by atoms with Crippen molar-refractivity contribution in [2.75, 3.05) is 26.8 Å². The average molecular weight is 423 g/mol. The molecule has 1 saturated heterocycles. The van der Waals surface area contributed by atoms with E-state index in [2.05, 4.69) is 15.2 Å². The first-order chi connectivity index (χ1) is 15.1. The number of carbonyl (C=O) groups excluding carboxylic acids is 1. The Labute approximate surface area is 179 Å². The van der Waals surface area contributed by atoms with Gasteiger partial charge in [-0.05, 0) is 49.9 Å². The summed E-state index contributed by atoms with van der Waals surface area (Å²) in [6.45, 7) is 1.30. The summed E-state index contributed by atoms with van der Waals surface area (Å²) in [5, 5.41) is 8.67. The minimum atomic E-state index is -0.457. The van der Waals surface area contributed by atoms with Crippen molar-refractivity contribution in [2.24, 2.45) is 7.05 Å². The summed E-state index contributed by atoms with van der Waals surface area (Å²) in [6, 6.07) is 7.43. The molecule has 0 radical (unpaired) electrons. The Morgan fingerprint density at radius 1 is 1.19 bits per heavy atom. The van der Waals surface area contributed by atoms with Crippen molar-refractivity contribution in [2.45, 2.75) is 31.8 Å². The van der Waals surface area contributed by atoms with Crippen LogP contribution in [0.4, 0.5) is 0 Å². The number of morpholine rings is 1. The lowest BCUT2D eigenvalue weighted by Gasteiger charge is -2.31. The number of carbonyl (C=O) groups is 1. The monoisotopic (exact) mass is 423 g/mol. The molecule has 1 aliphatic heterocycles. The molecule has 2 aromatic heterocycles. The van der Waals surface area contributed by atoms with Crippen molar-refractivity contribution in [1.29, 1.82) is 0 Å². The van der Waals surface area contributed by atoms with E-state index in [4.69, 9.17) is 14.0 Å². The van der Waals surface area contributed by atoms with Crippen LogP contribution in [0.25, 0.3) is 11.4 Å². The van der Waals surface area contributed by atoms with E-state index >= 15 is 0 Å². The molecule has 3 heterocycles. The number of ether oxygens (including phenoxy) is 2. The lowest BCUT2D eigenvalue weighted by atomic mass is 9.95. The van der Waals surface area contributed by atoms with Crippen LogP contribution in [0.15, 0.2) is 28.8 Å². The molecule has 162 valence electrons. The third-order valence-electron chi connectivity index (χ3n) is 5.94. The summed E-state index contributed by atoms with van der Waals surface area (Å²) in [7, 11) is 3.47. The van der Waals surface area contributed by atoms with Gasteiger partial charge in [-0.25, -0.2) is 0 Å². The Balaban J connectivity index is 1.33. The molecule has 0 bridgehead atoms. The van der Waals surface area contributed by atoms with Crippen LogP contribution in [0, 0.1) is 0 Å². The van der Waals surface area contributed by atoms with Crippen molar-refractivity contribution < 1.29 is 18.8 Å². The smallest absolute Gasteiger partial charge is 0.272 e. The lowest BCUT2D eigenvalue weighted by Crippen LogP contribution is -2.43. The highest BCUT2D eigenvalue weighted by atomic mass is 16.5. The van der Waals surface area contributed by atoms with E-state index in [0.717, 1.165) is 48.3 Å². The fraction of sp³-hybridized carbons (Fsp3) is 0.455. The zero-order valence-corrected chi connectivity index (χ0v) is 17.7. The Morgan fingerprint density at radius 2 is 2.00 bits per heavy atom. The van der Waals surface area contributed by atoms with Crippen LogP contribution in [-0.2, 0) is 24.6 Å². The topological polar surface area (TPSA) is 95.5 Å². The summed E-state index contributed by atoms with van der Waals surface area (Å²) >= 11 is 0.